The molecule has 0 saturated carbocycles. The van der Waals surface area contributed by atoms with Gasteiger partial charge in [0.15, 0.2) is 5.96 Å². The lowest BCUT2D eigenvalue weighted by Crippen LogP contribution is -2.22. The lowest BCUT2D eigenvalue weighted by Gasteiger charge is -2.13. The second-order valence-electron chi connectivity index (χ2n) is 3.56. The highest BCUT2D eigenvalue weighted by atomic mass is 31.2. The van der Waals surface area contributed by atoms with Gasteiger partial charge in [0.05, 0.1) is 5.69 Å². The molecule has 0 aliphatic heterocycles. The molecular formula is C9H15N4O3P. The molecule has 0 bridgehead atoms. The minimum atomic E-state index is -4.25. The zero-order valence-corrected chi connectivity index (χ0v) is 9.92. The van der Waals surface area contributed by atoms with E-state index in [1.807, 2.05) is 0 Å². The maximum atomic E-state index is 10.9. The van der Waals surface area contributed by atoms with Gasteiger partial charge in [-0.3, -0.25) is 4.57 Å². The Hall–Kier alpha value is -1.40. The first-order valence-electron chi connectivity index (χ1n) is 4.78. The van der Waals surface area contributed by atoms with E-state index in [4.69, 9.17) is 27.0 Å². The van der Waals surface area contributed by atoms with Crippen LogP contribution >= 0.6 is 7.60 Å². The Morgan fingerprint density at radius 3 is 2.24 bits per heavy atom. The molecule has 0 aromatic heterocycles. The molecule has 0 aliphatic carbocycles. The lowest BCUT2D eigenvalue weighted by molar-refractivity contribution is 0.358. The number of hydrogen-bond acceptors (Lipinski definition) is 3. The lowest BCUT2D eigenvalue weighted by atomic mass is 10.1. The minimum absolute atomic E-state index is 0.0512. The summed E-state index contributed by atoms with van der Waals surface area (Å²) in [5.41, 5.74) is 17.1. The van der Waals surface area contributed by atoms with Crippen molar-refractivity contribution in [3.05, 3.63) is 29.8 Å². The number of benzene rings is 1. The number of rotatable bonds is 4. The topological polar surface area (TPSA) is 148 Å². The van der Waals surface area contributed by atoms with Gasteiger partial charge < -0.3 is 27.0 Å². The molecular weight excluding hydrogens is 243 g/mol. The Morgan fingerprint density at radius 1 is 1.29 bits per heavy atom. The Bertz CT molecular complexity index is 450. The highest BCUT2D eigenvalue weighted by Gasteiger charge is 2.24. The summed E-state index contributed by atoms with van der Waals surface area (Å²) in [5, 5.41) is 0. The summed E-state index contributed by atoms with van der Waals surface area (Å²) in [6, 6.07) is 6.61. The normalized spacial score (nSPS) is 13.1. The van der Waals surface area contributed by atoms with Crippen LogP contribution in [0.5, 0.6) is 0 Å². The van der Waals surface area contributed by atoms with Crippen molar-refractivity contribution in [2.45, 2.75) is 12.2 Å². The molecule has 0 amide bonds. The van der Waals surface area contributed by atoms with Crippen LogP contribution in [0.2, 0.25) is 0 Å². The Labute approximate surface area is 98.5 Å². The van der Waals surface area contributed by atoms with Crippen LogP contribution < -0.4 is 17.2 Å². The van der Waals surface area contributed by atoms with Crippen LogP contribution in [-0.4, -0.2) is 21.5 Å². The van der Waals surface area contributed by atoms with E-state index in [-0.39, 0.29) is 12.4 Å². The van der Waals surface area contributed by atoms with Crippen molar-refractivity contribution in [3.8, 4) is 0 Å². The van der Waals surface area contributed by atoms with Gasteiger partial charge in [-0.25, -0.2) is 4.99 Å². The largest absolute Gasteiger partial charge is 0.370 e. The monoisotopic (exact) mass is 258 g/mol. The van der Waals surface area contributed by atoms with Crippen molar-refractivity contribution < 1.29 is 14.4 Å². The summed E-state index contributed by atoms with van der Waals surface area (Å²) < 4.78 is 10.9. The summed E-state index contributed by atoms with van der Waals surface area (Å²) in [6.45, 7) is 0. The third kappa shape index (κ3) is 4.54. The van der Waals surface area contributed by atoms with Gasteiger partial charge in [0.1, 0.15) is 5.78 Å². The van der Waals surface area contributed by atoms with Gasteiger partial charge >= 0.3 is 7.60 Å². The van der Waals surface area contributed by atoms with Crippen molar-refractivity contribution in [2.24, 2.45) is 22.2 Å². The van der Waals surface area contributed by atoms with Crippen LogP contribution in [0.1, 0.15) is 5.56 Å². The van der Waals surface area contributed by atoms with E-state index in [1.54, 1.807) is 24.3 Å². The molecule has 0 heterocycles. The smallest absolute Gasteiger partial charge is 0.342 e. The molecule has 0 fully saturated rings. The van der Waals surface area contributed by atoms with E-state index in [1.165, 1.54) is 0 Å². The van der Waals surface area contributed by atoms with Crippen molar-refractivity contribution in [2.75, 3.05) is 0 Å². The molecule has 94 valence electrons. The first-order chi connectivity index (χ1) is 7.79. The van der Waals surface area contributed by atoms with Gasteiger partial charge in [0, 0.05) is 0 Å². The molecule has 0 aliphatic rings. The van der Waals surface area contributed by atoms with Crippen molar-refractivity contribution in [1.29, 1.82) is 0 Å². The van der Waals surface area contributed by atoms with E-state index in [2.05, 4.69) is 4.99 Å². The fourth-order valence-corrected chi connectivity index (χ4v) is 1.66. The van der Waals surface area contributed by atoms with Crippen LogP contribution in [0, 0.1) is 0 Å². The van der Waals surface area contributed by atoms with Gasteiger partial charge in [0.2, 0.25) is 0 Å². The second kappa shape index (κ2) is 5.29. The molecule has 1 aromatic rings. The van der Waals surface area contributed by atoms with Crippen molar-refractivity contribution >= 4 is 19.2 Å². The van der Waals surface area contributed by atoms with Crippen molar-refractivity contribution in [1.82, 2.24) is 0 Å². The molecule has 1 rings (SSSR count). The average molecular weight is 258 g/mol. The first-order valence-corrected chi connectivity index (χ1v) is 6.46. The third-order valence-electron chi connectivity index (χ3n) is 2.07. The zero-order chi connectivity index (χ0) is 13.1. The summed E-state index contributed by atoms with van der Waals surface area (Å²) in [7, 11) is -4.25. The van der Waals surface area contributed by atoms with E-state index in [0.717, 1.165) is 0 Å². The molecule has 0 spiro atoms. The fourth-order valence-electron chi connectivity index (χ4n) is 1.22. The van der Waals surface area contributed by atoms with Crippen LogP contribution in [0.3, 0.4) is 0 Å². The number of nitrogens with zero attached hydrogens (tertiary/aromatic N) is 1. The maximum Gasteiger partial charge on any atom is 0.342 e. The Balaban J connectivity index is 2.76. The molecule has 1 atom stereocenters. The number of nitrogens with two attached hydrogens (primary N) is 3. The summed E-state index contributed by atoms with van der Waals surface area (Å²) in [5.74, 6) is -1.25. The predicted octanol–water partition coefficient (Wildman–Crippen LogP) is -0.403. The molecule has 17 heavy (non-hydrogen) atoms. The molecule has 0 radical (unpaired) electrons. The van der Waals surface area contributed by atoms with E-state index < -0.39 is 13.4 Å². The molecule has 1 aromatic carbocycles. The van der Waals surface area contributed by atoms with Crippen LogP contribution in [0.15, 0.2) is 29.3 Å². The van der Waals surface area contributed by atoms with Gasteiger partial charge in [-0.1, -0.05) is 12.1 Å². The van der Waals surface area contributed by atoms with Crippen LogP contribution in [-0.2, 0) is 11.0 Å². The molecule has 0 saturated heterocycles. The van der Waals surface area contributed by atoms with Crippen LogP contribution in [0.25, 0.3) is 0 Å². The highest BCUT2D eigenvalue weighted by Crippen LogP contribution is 2.39. The molecule has 7 nitrogen and oxygen atoms in total. The maximum absolute atomic E-state index is 10.9. The van der Waals surface area contributed by atoms with Gasteiger partial charge in [-0.05, 0) is 24.1 Å². The van der Waals surface area contributed by atoms with Gasteiger partial charge in [-0.15, -0.1) is 0 Å². The van der Waals surface area contributed by atoms with Gasteiger partial charge in [0.25, 0.3) is 0 Å². The van der Waals surface area contributed by atoms with Crippen LogP contribution in [0.4, 0.5) is 5.69 Å². The summed E-state index contributed by atoms with van der Waals surface area (Å²) in [4.78, 5) is 21.5. The van der Waals surface area contributed by atoms with Gasteiger partial charge in [-0.2, -0.15) is 0 Å². The number of hydrogen-bond donors (Lipinski definition) is 5. The highest BCUT2D eigenvalue weighted by molar-refractivity contribution is 7.52. The quantitative estimate of drug-likeness (QED) is 0.282. The minimum Gasteiger partial charge on any atom is -0.370 e. The fraction of sp³-hybridized carbons (Fsp3) is 0.222. The average Bonchev–Trinajstić information content (AvgIpc) is 2.18. The molecule has 0 unspecified atom stereocenters. The predicted molar refractivity (Wildman–Crippen MR) is 65.6 cm³/mol. The van der Waals surface area contributed by atoms with E-state index in [0.29, 0.717) is 11.3 Å². The summed E-state index contributed by atoms with van der Waals surface area (Å²) in [6.07, 6.45) is 0.0897. The third-order valence-corrected chi connectivity index (χ3v) is 3.12. The number of guanidine groups is 1. The molecule has 8 N–H and O–H groups in total. The second-order valence-corrected chi connectivity index (χ2v) is 5.41. The SMILES string of the molecule is NC(N)=Nc1ccc(C[C@H](N)P(=O)(O)O)cc1. The number of aliphatic imine (C=N–C) groups is 1. The zero-order valence-electron chi connectivity index (χ0n) is 9.02. The Kier molecular flexibility index (Phi) is 4.25. The summed E-state index contributed by atoms with van der Waals surface area (Å²) >= 11 is 0. The molecule has 8 heteroatoms. The van der Waals surface area contributed by atoms with Crippen molar-refractivity contribution in [3.63, 3.8) is 0 Å². The Morgan fingerprint density at radius 2 is 1.82 bits per heavy atom. The standard InChI is InChI=1S/C9H15N4O3P/c10-8(17(14,15)16)5-6-1-3-7(4-2-6)13-9(11)12/h1-4,8H,5,10H2,(H4,11,12,13)(H2,14,15,16)/t8-/m1/s1. The van der Waals surface area contributed by atoms with E-state index >= 15 is 0 Å². The van der Waals surface area contributed by atoms with E-state index in [9.17, 15) is 4.57 Å². The first kappa shape index (κ1) is 13.7.